The van der Waals surface area contributed by atoms with Crippen LogP contribution in [0.25, 0.3) is 0 Å². The van der Waals surface area contributed by atoms with Crippen molar-refractivity contribution in [2.75, 3.05) is 13.7 Å². The Kier molecular flexibility index (Phi) is 5.60. The van der Waals surface area contributed by atoms with Crippen molar-refractivity contribution < 1.29 is 9.36 Å². The van der Waals surface area contributed by atoms with E-state index in [4.69, 9.17) is 15.1 Å². The Morgan fingerprint density at radius 1 is 1.20 bits per heavy atom. The Hall–Kier alpha value is -2.74. The van der Waals surface area contributed by atoms with Gasteiger partial charge in [-0.15, -0.1) is 0 Å². The molecule has 4 rings (SSSR count). The van der Waals surface area contributed by atoms with Gasteiger partial charge in [0.2, 0.25) is 0 Å². The average Bonchev–Trinajstić information content (AvgIpc) is 3.01. The summed E-state index contributed by atoms with van der Waals surface area (Å²) in [6.45, 7) is 3.16. The van der Waals surface area contributed by atoms with Gasteiger partial charge in [0.1, 0.15) is 0 Å². The Morgan fingerprint density at radius 3 is 2.53 bits per heavy atom. The number of hydrogen-bond donors (Lipinski definition) is 2. The van der Waals surface area contributed by atoms with Crippen molar-refractivity contribution in [1.29, 1.82) is 0 Å². The first kappa shape index (κ1) is 20.5. The molecule has 0 amide bonds. The fourth-order valence-corrected chi connectivity index (χ4v) is 4.84. The summed E-state index contributed by atoms with van der Waals surface area (Å²) in [4.78, 5) is 21.4. The molecule has 1 aromatic heterocycles. The van der Waals surface area contributed by atoms with Gasteiger partial charge in [0, 0.05) is 13.6 Å². The standard InChI is InChI=1S/C23H28N4O3/c1-15-4-8-19-17(12-15)6-7-18-13-16(14-25-29-3)5-9-20(18)23(19,10-11-24)21-26-22(28)30-27(21)2/h4-5,8-9,12-13,25H,6-7,10-11,14,24H2,1-3H3. The summed E-state index contributed by atoms with van der Waals surface area (Å²) in [7, 11) is 3.34. The highest BCUT2D eigenvalue weighted by atomic mass is 16.6. The van der Waals surface area contributed by atoms with Crippen LogP contribution >= 0.6 is 0 Å². The van der Waals surface area contributed by atoms with Crippen LogP contribution in [0.2, 0.25) is 0 Å². The van der Waals surface area contributed by atoms with Crippen molar-refractivity contribution in [3.8, 4) is 0 Å². The lowest BCUT2D eigenvalue weighted by Gasteiger charge is -2.35. The molecular weight excluding hydrogens is 380 g/mol. The highest BCUT2D eigenvalue weighted by Crippen LogP contribution is 2.46. The number of aromatic nitrogens is 2. The van der Waals surface area contributed by atoms with Crippen molar-refractivity contribution in [2.45, 2.75) is 38.1 Å². The van der Waals surface area contributed by atoms with E-state index in [9.17, 15) is 4.79 Å². The van der Waals surface area contributed by atoms with Gasteiger partial charge < -0.3 is 15.1 Å². The van der Waals surface area contributed by atoms with Crippen LogP contribution in [0.1, 0.15) is 45.6 Å². The molecule has 1 heterocycles. The van der Waals surface area contributed by atoms with Crippen LogP contribution in [0.15, 0.2) is 45.7 Å². The summed E-state index contributed by atoms with van der Waals surface area (Å²) in [5.41, 5.74) is 15.5. The number of nitrogens with one attached hydrogen (secondary N) is 1. The Labute approximate surface area is 175 Å². The first-order valence-corrected chi connectivity index (χ1v) is 10.2. The number of benzene rings is 2. The zero-order valence-electron chi connectivity index (χ0n) is 17.7. The van der Waals surface area contributed by atoms with E-state index in [0.29, 0.717) is 25.3 Å². The van der Waals surface area contributed by atoms with Gasteiger partial charge in [0.05, 0.1) is 12.5 Å². The molecule has 7 nitrogen and oxygen atoms in total. The highest BCUT2D eigenvalue weighted by molar-refractivity contribution is 5.56. The Morgan fingerprint density at radius 2 is 1.90 bits per heavy atom. The zero-order valence-corrected chi connectivity index (χ0v) is 17.7. The molecule has 1 atom stereocenters. The molecule has 0 fully saturated rings. The van der Waals surface area contributed by atoms with Gasteiger partial charge in [-0.3, -0.25) is 0 Å². The lowest BCUT2D eigenvalue weighted by atomic mass is 9.69. The number of rotatable bonds is 6. The lowest BCUT2D eigenvalue weighted by molar-refractivity contribution is 0.0867. The SMILES string of the molecule is CONCc1ccc2c(c1)CCc1cc(C)ccc1C2(CCN)c1nc(=O)on1C. The van der Waals surface area contributed by atoms with E-state index in [1.54, 1.807) is 14.2 Å². The van der Waals surface area contributed by atoms with Gasteiger partial charge in [-0.1, -0.05) is 42.0 Å². The van der Waals surface area contributed by atoms with E-state index >= 15 is 0 Å². The maximum Gasteiger partial charge on any atom is 0.459 e. The molecule has 0 bridgehead atoms. The van der Waals surface area contributed by atoms with Crippen LogP contribution in [0, 0.1) is 6.92 Å². The van der Waals surface area contributed by atoms with Crippen LogP contribution in [-0.4, -0.2) is 23.4 Å². The summed E-state index contributed by atoms with van der Waals surface area (Å²) in [6, 6.07) is 13.0. The zero-order chi connectivity index (χ0) is 21.3. The molecule has 0 spiro atoms. The van der Waals surface area contributed by atoms with Crippen LogP contribution < -0.4 is 17.0 Å². The molecule has 3 aromatic rings. The van der Waals surface area contributed by atoms with Crippen LogP contribution in [-0.2, 0) is 36.7 Å². The minimum absolute atomic E-state index is 0.445. The fourth-order valence-electron chi connectivity index (χ4n) is 4.84. The number of fused-ring (bicyclic) bond motifs is 2. The minimum atomic E-state index is -0.655. The smallest absolute Gasteiger partial charge is 0.330 e. The first-order valence-electron chi connectivity index (χ1n) is 10.2. The fraction of sp³-hybridized carbons (Fsp3) is 0.391. The molecule has 1 unspecified atom stereocenters. The molecule has 3 N–H and O–H groups in total. The third-order valence-corrected chi connectivity index (χ3v) is 6.05. The van der Waals surface area contributed by atoms with E-state index in [-0.39, 0.29) is 0 Å². The molecule has 0 aliphatic heterocycles. The summed E-state index contributed by atoms with van der Waals surface area (Å²) < 4.78 is 6.79. The molecule has 0 radical (unpaired) electrons. The number of nitrogens with two attached hydrogens (primary N) is 1. The number of hydroxylamine groups is 1. The van der Waals surface area contributed by atoms with Crippen molar-refractivity contribution in [3.63, 3.8) is 0 Å². The third kappa shape index (κ3) is 3.39. The van der Waals surface area contributed by atoms with Crippen molar-refractivity contribution in [2.24, 2.45) is 12.8 Å². The van der Waals surface area contributed by atoms with E-state index < -0.39 is 11.2 Å². The summed E-state index contributed by atoms with van der Waals surface area (Å²) >= 11 is 0. The second-order valence-electron chi connectivity index (χ2n) is 7.91. The summed E-state index contributed by atoms with van der Waals surface area (Å²) in [5, 5.41) is 0. The number of nitrogens with zero attached hydrogens (tertiary/aromatic N) is 2. The maximum atomic E-state index is 12.1. The first-order chi connectivity index (χ1) is 14.5. The topological polar surface area (TPSA) is 95.3 Å². The molecule has 0 saturated heterocycles. The van der Waals surface area contributed by atoms with Gasteiger partial charge in [-0.25, -0.2) is 4.79 Å². The lowest BCUT2D eigenvalue weighted by Crippen LogP contribution is -2.36. The van der Waals surface area contributed by atoms with Crippen LogP contribution in [0.5, 0.6) is 0 Å². The molecule has 30 heavy (non-hydrogen) atoms. The largest absolute Gasteiger partial charge is 0.459 e. The molecule has 1 aliphatic carbocycles. The monoisotopic (exact) mass is 408 g/mol. The predicted octanol–water partition coefficient (Wildman–Crippen LogP) is 2.11. The summed E-state index contributed by atoms with van der Waals surface area (Å²) in [6.07, 6.45) is 2.42. The molecular formula is C23H28N4O3. The van der Waals surface area contributed by atoms with Crippen LogP contribution in [0.3, 0.4) is 0 Å². The second kappa shape index (κ2) is 8.18. The van der Waals surface area contributed by atoms with E-state index in [0.717, 1.165) is 29.5 Å². The highest BCUT2D eigenvalue weighted by Gasteiger charge is 2.44. The van der Waals surface area contributed by atoms with Gasteiger partial charge in [-0.05, 0) is 60.5 Å². The molecule has 1 aliphatic rings. The van der Waals surface area contributed by atoms with Gasteiger partial charge in [0.25, 0.3) is 0 Å². The average molecular weight is 409 g/mol. The second-order valence-corrected chi connectivity index (χ2v) is 7.91. The van der Waals surface area contributed by atoms with Crippen molar-refractivity contribution in [1.82, 2.24) is 15.2 Å². The molecule has 7 heteroatoms. The molecule has 0 saturated carbocycles. The van der Waals surface area contributed by atoms with Crippen molar-refractivity contribution >= 4 is 0 Å². The maximum absolute atomic E-state index is 12.1. The van der Waals surface area contributed by atoms with Gasteiger partial charge >= 0.3 is 5.76 Å². The quantitative estimate of drug-likeness (QED) is 0.607. The normalized spacial score (nSPS) is 18.0. The predicted molar refractivity (Wildman–Crippen MR) is 114 cm³/mol. The molecule has 2 aromatic carbocycles. The molecule has 158 valence electrons. The third-order valence-electron chi connectivity index (χ3n) is 6.05. The van der Waals surface area contributed by atoms with Gasteiger partial charge in [-0.2, -0.15) is 15.2 Å². The van der Waals surface area contributed by atoms with Gasteiger partial charge in [0.15, 0.2) is 5.82 Å². The van der Waals surface area contributed by atoms with Crippen molar-refractivity contribution in [3.05, 3.63) is 86.2 Å². The Balaban J connectivity index is 2.03. The Bertz CT molecular complexity index is 1120. The number of aryl methyl sites for hydroxylation is 4. The summed E-state index contributed by atoms with van der Waals surface area (Å²) in [5.74, 6) is -0.00163. The van der Waals surface area contributed by atoms with E-state index in [1.165, 1.54) is 21.4 Å². The van der Waals surface area contributed by atoms with E-state index in [2.05, 4.69) is 53.8 Å². The van der Waals surface area contributed by atoms with E-state index in [1.807, 2.05) is 0 Å². The number of hydrogen-bond acceptors (Lipinski definition) is 6. The van der Waals surface area contributed by atoms with Crippen LogP contribution in [0.4, 0.5) is 0 Å². The minimum Gasteiger partial charge on any atom is -0.330 e.